The number of hydrogen-bond acceptors (Lipinski definition) is 10. The summed E-state index contributed by atoms with van der Waals surface area (Å²) in [5.74, 6) is -3.98. The number of carbonyl (C=O) groups is 3. The molecule has 2 heterocycles. The zero-order valence-corrected chi connectivity index (χ0v) is 31.3. The molecular formula is C31H31F3N4NaO10S2. The number of carboxylic acid groups (broad SMARTS) is 2. The molecule has 2 atom stereocenters. The number of pyridine rings is 1. The maximum atomic E-state index is 14.3. The van der Waals surface area contributed by atoms with Gasteiger partial charge in [0.15, 0.2) is 19.0 Å². The number of amides is 1. The van der Waals surface area contributed by atoms with Crippen molar-refractivity contribution in [3.8, 4) is 11.5 Å². The second kappa shape index (κ2) is 17.1. The second-order valence-corrected chi connectivity index (χ2v) is 14.1. The van der Waals surface area contributed by atoms with Gasteiger partial charge in [-0.3, -0.25) is 14.6 Å². The van der Waals surface area contributed by atoms with Crippen LogP contribution in [-0.4, -0.2) is 110 Å². The van der Waals surface area contributed by atoms with E-state index in [9.17, 15) is 45.6 Å². The number of imidazole rings is 1. The van der Waals surface area contributed by atoms with E-state index in [1.54, 1.807) is 12.1 Å². The molecule has 51 heavy (non-hydrogen) atoms. The Balaban J connectivity index is 0.00000702. The van der Waals surface area contributed by atoms with E-state index in [1.165, 1.54) is 57.3 Å². The van der Waals surface area contributed by atoms with Gasteiger partial charge >= 0.3 is 23.3 Å². The summed E-state index contributed by atoms with van der Waals surface area (Å²) < 4.78 is 91.9. The fraction of sp³-hybridized carbons (Fsp3) is 0.323. The van der Waals surface area contributed by atoms with Crippen LogP contribution in [0.1, 0.15) is 35.2 Å². The summed E-state index contributed by atoms with van der Waals surface area (Å²) in [5, 5.41) is 19.9. The average Bonchev–Trinajstić information content (AvgIpc) is 3.42. The monoisotopic (exact) mass is 763 g/mol. The molecular weight excluding hydrogens is 732 g/mol. The minimum Gasteiger partial charge on any atom is -0.609 e. The van der Waals surface area contributed by atoms with E-state index in [2.05, 4.69) is 15.3 Å². The maximum Gasteiger partial charge on any atom is 0.422 e. The number of fused-ring (bicyclic) bond motifs is 1. The first kappa shape index (κ1) is 41.5. The zero-order valence-electron chi connectivity index (χ0n) is 27.7. The van der Waals surface area contributed by atoms with Crippen LogP contribution in [0.15, 0.2) is 58.7 Å². The summed E-state index contributed by atoms with van der Waals surface area (Å²) in [6, 6.07) is 8.60. The summed E-state index contributed by atoms with van der Waals surface area (Å²) in [5.41, 5.74) is 0.947. The van der Waals surface area contributed by atoms with Gasteiger partial charge in [0.2, 0.25) is 0 Å². The Morgan fingerprint density at radius 1 is 1.06 bits per heavy atom. The predicted molar refractivity (Wildman–Crippen MR) is 177 cm³/mol. The number of rotatable bonds is 15. The molecule has 0 saturated carbocycles. The first-order valence-corrected chi connectivity index (χ1v) is 17.4. The zero-order chi connectivity index (χ0) is 37.0. The van der Waals surface area contributed by atoms with Crippen molar-refractivity contribution in [2.45, 2.75) is 61.6 Å². The van der Waals surface area contributed by atoms with Crippen LogP contribution >= 0.6 is 0 Å². The van der Waals surface area contributed by atoms with Crippen molar-refractivity contribution >= 4 is 79.6 Å². The number of para-hydroxylation sites is 2. The van der Waals surface area contributed by atoms with Crippen molar-refractivity contribution in [2.75, 3.05) is 13.2 Å². The van der Waals surface area contributed by atoms with E-state index < -0.39 is 76.7 Å². The molecule has 0 bridgehead atoms. The van der Waals surface area contributed by atoms with Gasteiger partial charge in [-0.05, 0) is 68.7 Å². The molecule has 0 aliphatic heterocycles. The van der Waals surface area contributed by atoms with Crippen LogP contribution in [0.3, 0.4) is 0 Å². The number of aryl methyl sites for hydroxylation is 2. The number of carboxylic acids is 2. The summed E-state index contributed by atoms with van der Waals surface area (Å²) in [6.45, 7) is 2.16. The van der Waals surface area contributed by atoms with Crippen molar-refractivity contribution in [1.82, 2.24) is 19.3 Å². The van der Waals surface area contributed by atoms with Crippen LogP contribution in [-0.2, 0) is 41.3 Å². The van der Waals surface area contributed by atoms with Crippen LogP contribution in [0, 0.1) is 20.8 Å². The Kier molecular flexibility index (Phi) is 13.9. The largest absolute Gasteiger partial charge is 0.609 e. The first-order chi connectivity index (χ1) is 23.4. The van der Waals surface area contributed by atoms with E-state index in [4.69, 9.17) is 14.6 Å². The normalized spacial score (nSPS) is 12.8. The third-order valence-electron chi connectivity index (χ3n) is 7.19. The van der Waals surface area contributed by atoms with Gasteiger partial charge in [-0.2, -0.15) is 22.1 Å². The molecule has 20 heteroatoms. The summed E-state index contributed by atoms with van der Waals surface area (Å²) in [7, 11) is -4.54. The Labute approximate surface area is 314 Å². The molecule has 2 aromatic heterocycles. The molecule has 4 rings (SSSR count). The second-order valence-electron chi connectivity index (χ2n) is 11.0. The van der Waals surface area contributed by atoms with Gasteiger partial charge in [-0.1, -0.05) is 12.1 Å². The summed E-state index contributed by atoms with van der Waals surface area (Å²) in [6.07, 6.45) is -4.24. The summed E-state index contributed by atoms with van der Waals surface area (Å²) in [4.78, 5) is 42.8. The molecule has 0 aliphatic carbocycles. The topological polar surface area (TPSA) is 210 Å². The SMILES string of the molecule is Cc1cc(OCC(=O)NC(CCC(=O)O)C(=O)O)cc(C)c1S(=O)(=O)n1c([S+]([O-])Cc2nccc(OCC(F)(F)F)c2C)nc2ccccc21.[Na]. The Hall–Kier alpha value is -3.88. The molecule has 0 fully saturated rings. The van der Waals surface area contributed by atoms with E-state index in [0.717, 1.165) is 3.97 Å². The number of alkyl halides is 3. The third-order valence-corrected chi connectivity index (χ3v) is 10.5. The number of nitrogens with one attached hydrogen (secondary N) is 1. The Morgan fingerprint density at radius 2 is 1.71 bits per heavy atom. The summed E-state index contributed by atoms with van der Waals surface area (Å²) >= 11 is -2.19. The van der Waals surface area contributed by atoms with Gasteiger partial charge < -0.3 is 29.6 Å². The molecule has 4 aromatic rings. The number of nitrogens with zero attached hydrogens (tertiary/aromatic N) is 3. The van der Waals surface area contributed by atoms with Crippen LogP contribution in [0.2, 0.25) is 0 Å². The molecule has 3 N–H and O–H groups in total. The van der Waals surface area contributed by atoms with Gasteiger partial charge in [-0.15, -0.1) is 0 Å². The van der Waals surface area contributed by atoms with E-state index in [1.807, 2.05) is 0 Å². The quantitative estimate of drug-likeness (QED) is 0.118. The number of benzene rings is 2. The van der Waals surface area contributed by atoms with E-state index in [0.29, 0.717) is 0 Å². The fourth-order valence-electron chi connectivity index (χ4n) is 4.97. The van der Waals surface area contributed by atoms with Crippen molar-refractivity contribution in [1.29, 1.82) is 0 Å². The van der Waals surface area contributed by atoms with Crippen molar-refractivity contribution in [3.63, 3.8) is 0 Å². The average molecular weight is 764 g/mol. The molecule has 1 amide bonds. The van der Waals surface area contributed by atoms with Gasteiger partial charge in [0.1, 0.15) is 17.5 Å². The molecule has 0 spiro atoms. The van der Waals surface area contributed by atoms with E-state index >= 15 is 0 Å². The fourth-order valence-corrected chi connectivity index (χ4v) is 8.44. The van der Waals surface area contributed by atoms with Crippen LogP contribution in [0.4, 0.5) is 13.2 Å². The number of aromatic nitrogens is 3. The molecule has 269 valence electrons. The third kappa shape index (κ3) is 10.4. The number of halogens is 3. The molecule has 14 nitrogen and oxygen atoms in total. The maximum absolute atomic E-state index is 14.3. The molecule has 2 unspecified atom stereocenters. The van der Waals surface area contributed by atoms with Gasteiger partial charge in [0, 0.05) is 58.9 Å². The molecule has 2 aromatic carbocycles. The first-order valence-electron chi connectivity index (χ1n) is 14.6. The smallest absolute Gasteiger partial charge is 0.422 e. The van der Waals surface area contributed by atoms with Crippen molar-refractivity contribution in [3.05, 3.63) is 71.0 Å². The Morgan fingerprint density at radius 3 is 2.31 bits per heavy atom. The molecule has 1 radical (unpaired) electrons. The number of ether oxygens (including phenoxy) is 2. The van der Waals surface area contributed by atoms with Gasteiger partial charge in [0.05, 0.1) is 21.6 Å². The van der Waals surface area contributed by atoms with Crippen molar-refractivity contribution in [2.24, 2.45) is 0 Å². The number of hydrogen-bond donors (Lipinski definition) is 3. The number of aliphatic carboxylic acids is 2. The number of carbonyl (C=O) groups excluding carboxylic acids is 1. The van der Waals surface area contributed by atoms with Crippen LogP contribution in [0.25, 0.3) is 11.0 Å². The van der Waals surface area contributed by atoms with Gasteiger partial charge in [-0.25, -0.2) is 13.2 Å². The predicted octanol–water partition coefficient (Wildman–Crippen LogP) is 3.27. The van der Waals surface area contributed by atoms with Crippen molar-refractivity contribution < 1.29 is 60.2 Å². The van der Waals surface area contributed by atoms with Gasteiger partial charge in [0.25, 0.3) is 15.9 Å². The standard InChI is InChI=1S/C31H31F3N4O10S2.Na/c1-17-12-20(47-14-26(39)36-22(29(42)43)8-9-27(40)41)13-18(2)28(17)50(45,46)38-24-7-5-4-6-21(24)37-30(38)49(44)15-23-19(3)25(10-11-35-23)48-16-31(32,33)34;/h4-7,10-13,22H,8-9,14-16H2,1-3H3,(H,36,39)(H,40,41)(H,42,43);. The minimum atomic E-state index is -4.59. The molecule has 0 saturated heterocycles. The van der Waals surface area contributed by atoms with E-state index in [-0.39, 0.29) is 90.9 Å². The molecule has 0 aliphatic rings. The Bertz CT molecular complexity index is 2020. The minimum absolute atomic E-state index is 0. The van der Waals surface area contributed by atoms with Crippen LogP contribution in [0.5, 0.6) is 11.5 Å². The van der Waals surface area contributed by atoms with Crippen LogP contribution < -0.4 is 14.8 Å².